The van der Waals surface area contributed by atoms with Crippen molar-refractivity contribution in [3.63, 3.8) is 0 Å². The zero-order valence-electron chi connectivity index (χ0n) is 9.12. The molecule has 15 heavy (non-hydrogen) atoms. The van der Waals surface area contributed by atoms with E-state index in [0.29, 0.717) is 5.75 Å². The fourth-order valence-corrected chi connectivity index (χ4v) is 2.04. The molecule has 0 amide bonds. The van der Waals surface area contributed by atoms with Gasteiger partial charge in [-0.1, -0.05) is 6.07 Å². The summed E-state index contributed by atoms with van der Waals surface area (Å²) in [6.45, 7) is 3.72. The van der Waals surface area contributed by atoms with Crippen LogP contribution < -0.4 is 10.5 Å². The van der Waals surface area contributed by atoms with Gasteiger partial charge >= 0.3 is 0 Å². The summed E-state index contributed by atoms with van der Waals surface area (Å²) in [6.07, 6.45) is -0.687. The molecule has 2 atom stereocenters. The number of aliphatic hydroxyl groups is 1. The summed E-state index contributed by atoms with van der Waals surface area (Å²) >= 11 is 3.40. The maximum absolute atomic E-state index is 9.91. The summed E-state index contributed by atoms with van der Waals surface area (Å²) in [5.74, 6) is 0.713. The Bertz CT molecular complexity index is 353. The molecule has 0 aliphatic rings. The second-order valence-electron chi connectivity index (χ2n) is 3.67. The largest absolute Gasteiger partial charge is 0.496 e. The molecule has 0 spiro atoms. The average Bonchev–Trinajstić information content (AvgIpc) is 2.19. The molecule has 3 N–H and O–H groups in total. The average molecular weight is 274 g/mol. The Morgan fingerprint density at radius 3 is 2.53 bits per heavy atom. The van der Waals surface area contributed by atoms with Crippen LogP contribution in [0.15, 0.2) is 16.6 Å². The van der Waals surface area contributed by atoms with Crippen molar-refractivity contribution < 1.29 is 9.84 Å². The first-order chi connectivity index (χ1) is 6.97. The van der Waals surface area contributed by atoms with E-state index in [4.69, 9.17) is 10.5 Å². The summed E-state index contributed by atoms with van der Waals surface area (Å²) < 4.78 is 5.96. The first-order valence-electron chi connectivity index (χ1n) is 4.75. The van der Waals surface area contributed by atoms with Crippen LogP contribution in [0.2, 0.25) is 0 Å². The maximum Gasteiger partial charge on any atom is 0.133 e. The highest BCUT2D eigenvalue weighted by Gasteiger charge is 2.18. The van der Waals surface area contributed by atoms with E-state index in [-0.39, 0.29) is 6.04 Å². The van der Waals surface area contributed by atoms with Crippen LogP contribution in [0.25, 0.3) is 0 Å². The third kappa shape index (κ3) is 2.71. The van der Waals surface area contributed by atoms with E-state index in [0.717, 1.165) is 15.6 Å². The van der Waals surface area contributed by atoms with Crippen molar-refractivity contribution in [2.75, 3.05) is 7.11 Å². The first-order valence-corrected chi connectivity index (χ1v) is 5.54. The molecule has 2 unspecified atom stereocenters. The summed E-state index contributed by atoms with van der Waals surface area (Å²) in [7, 11) is 1.60. The van der Waals surface area contributed by atoms with Crippen LogP contribution in [0.5, 0.6) is 5.75 Å². The van der Waals surface area contributed by atoms with Gasteiger partial charge < -0.3 is 15.6 Å². The van der Waals surface area contributed by atoms with Gasteiger partial charge in [0.2, 0.25) is 0 Å². The van der Waals surface area contributed by atoms with Gasteiger partial charge in [-0.3, -0.25) is 0 Å². The molecular formula is C11H16BrNO2. The lowest BCUT2D eigenvalue weighted by molar-refractivity contribution is 0.152. The van der Waals surface area contributed by atoms with Gasteiger partial charge in [0.25, 0.3) is 0 Å². The molecule has 0 heterocycles. The minimum Gasteiger partial charge on any atom is -0.496 e. The first kappa shape index (κ1) is 12.5. The number of hydrogen-bond donors (Lipinski definition) is 2. The highest BCUT2D eigenvalue weighted by molar-refractivity contribution is 9.10. The Balaban J connectivity index is 3.22. The van der Waals surface area contributed by atoms with Crippen LogP contribution in [-0.4, -0.2) is 18.3 Å². The molecule has 1 aromatic carbocycles. The Morgan fingerprint density at radius 2 is 2.07 bits per heavy atom. The second-order valence-corrected chi connectivity index (χ2v) is 4.47. The third-order valence-corrected chi connectivity index (χ3v) is 3.10. The molecule has 0 aliphatic carbocycles. The van der Waals surface area contributed by atoms with Gasteiger partial charge in [-0.25, -0.2) is 0 Å². The van der Waals surface area contributed by atoms with Crippen LogP contribution in [0.1, 0.15) is 24.2 Å². The molecule has 0 bridgehead atoms. The number of rotatable bonds is 3. The van der Waals surface area contributed by atoms with E-state index in [9.17, 15) is 5.11 Å². The van der Waals surface area contributed by atoms with Gasteiger partial charge in [0.1, 0.15) is 5.75 Å². The highest BCUT2D eigenvalue weighted by atomic mass is 79.9. The molecule has 0 radical (unpaired) electrons. The summed E-state index contributed by atoms with van der Waals surface area (Å²) in [6, 6.07) is 3.50. The topological polar surface area (TPSA) is 55.5 Å². The molecule has 0 saturated heterocycles. The normalized spacial score (nSPS) is 14.8. The molecule has 0 aromatic heterocycles. The molecule has 0 fully saturated rings. The van der Waals surface area contributed by atoms with Crippen molar-refractivity contribution in [1.29, 1.82) is 0 Å². The molecule has 1 rings (SSSR count). The monoisotopic (exact) mass is 273 g/mol. The smallest absolute Gasteiger partial charge is 0.133 e. The van der Waals surface area contributed by atoms with Crippen molar-refractivity contribution in [2.45, 2.75) is 26.0 Å². The van der Waals surface area contributed by atoms with Gasteiger partial charge in [0.05, 0.1) is 17.7 Å². The number of aliphatic hydroxyl groups excluding tert-OH is 1. The predicted octanol–water partition coefficient (Wildman–Crippen LogP) is 2.15. The van der Waals surface area contributed by atoms with Crippen LogP contribution in [0.3, 0.4) is 0 Å². The fourth-order valence-electron chi connectivity index (χ4n) is 1.41. The van der Waals surface area contributed by atoms with E-state index in [1.165, 1.54) is 0 Å². The van der Waals surface area contributed by atoms with E-state index >= 15 is 0 Å². The fraction of sp³-hybridized carbons (Fsp3) is 0.455. The Labute approximate surface area is 98.4 Å². The molecule has 84 valence electrons. The summed E-state index contributed by atoms with van der Waals surface area (Å²) in [5.41, 5.74) is 7.46. The van der Waals surface area contributed by atoms with Gasteiger partial charge in [-0.15, -0.1) is 0 Å². The van der Waals surface area contributed by atoms with E-state index < -0.39 is 6.10 Å². The Hall–Kier alpha value is -0.580. The van der Waals surface area contributed by atoms with Gasteiger partial charge in [0, 0.05) is 11.6 Å². The lowest BCUT2D eigenvalue weighted by Crippen LogP contribution is -2.24. The number of methoxy groups -OCH3 is 1. The molecule has 3 nitrogen and oxygen atoms in total. The lowest BCUT2D eigenvalue weighted by atomic mass is 10.0. The van der Waals surface area contributed by atoms with Crippen LogP contribution in [-0.2, 0) is 0 Å². The van der Waals surface area contributed by atoms with Crippen molar-refractivity contribution >= 4 is 15.9 Å². The minimum atomic E-state index is -0.687. The van der Waals surface area contributed by atoms with E-state index in [1.807, 2.05) is 19.1 Å². The Morgan fingerprint density at radius 1 is 1.47 bits per heavy atom. The van der Waals surface area contributed by atoms with Crippen molar-refractivity contribution in [1.82, 2.24) is 0 Å². The molecule has 1 aromatic rings. The number of hydrogen-bond acceptors (Lipinski definition) is 3. The van der Waals surface area contributed by atoms with Crippen LogP contribution >= 0.6 is 15.9 Å². The molecule has 4 heteroatoms. The molecule has 0 aliphatic heterocycles. The summed E-state index contributed by atoms with van der Waals surface area (Å²) in [5, 5.41) is 9.91. The zero-order valence-corrected chi connectivity index (χ0v) is 10.7. The number of benzene rings is 1. The van der Waals surface area contributed by atoms with Crippen molar-refractivity contribution in [2.24, 2.45) is 5.73 Å². The number of ether oxygens (including phenoxy) is 1. The van der Waals surface area contributed by atoms with Gasteiger partial charge in [-0.2, -0.15) is 0 Å². The standard InChI is InChI=1S/C11H16BrNO2/c1-6-4-8(11(14)7(2)13)10(12)9(5-6)15-3/h4-5,7,11,14H,13H2,1-3H3. The minimum absolute atomic E-state index is 0.312. The van der Waals surface area contributed by atoms with Crippen LogP contribution in [0, 0.1) is 6.92 Å². The maximum atomic E-state index is 9.91. The predicted molar refractivity (Wildman–Crippen MR) is 64.0 cm³/mol. The number of aryl methyl sites for hydroxylation is 1. The third-order valence-electron chi connectivity index (χ3n) is 2.25. The van der Waals surface area contributed by atoms with Gasteiger partial charge in [0.15, 0.2) is 0 Å². The highest BCUT2D eigenvalue weighted by Crippen LogP contribution is 2.34. The quantitative estimate of drug-likeness (QED) is 0.888. The molecule has 0 saturated carbocycles. The zero-order chi connectivity index (χ0) is 11.6. The lowest BCUT2D eigenvalue weighted by Gasteiger charge is -2.18. The molecular weight excluding hydrogens is 258 g/mol. The van der Waals surface area contributed by atoms with Crippen molar-refractivity contribution in [3.05, 3.63) is 27.7 Å². The van der Waals surface area contributed by atoms with Crippen molar-refractivity contribution in [3.8, 4) is 5.75 Å². The second kappa shape index (κ2) is 4.96. The number of nitrogens with two attached hydrogens (primary N) is 1. The number of halogens is 1. The summed E-state index contributed by atoms with van der Waals surface area (Å²) in [4.78, 5) is 0. The van der Waals surface area contributed by atoms with Crippen LogP contribution in [0.4, 0.5) is 0 Å². The Kier molecular flexibility index (Phi) is 4.13. The SMILES string of the molecule is COc1cc(C)cc(C(O)C(C)N)c1Br. The van der Waals surface area contributed by atoms with E-state index in [2.05, 4.69) is 15.9 Å². The van der Waals surface area contributed by atoms with E-state index in [1.54, 1.807) is 14.0 Å². The van der Waals surface area contributed by atoms with Gasteiger partial charge in [-0.05, 0) is 41.4 Å².